The van der Waals surface area contributed by atoms with Crippen LogP contribution in [0.5, 0.6) is 0 Å². The predicted molar refractivity (Wildman–Crippen MR) is 80.4 cm³/mol. The van der Waals surface area contributed by atoms with Crippen molar-refractivity contribution >= 4 is 5.69 Å². The summed E-state index contributed by atoms with van der Waals surface area (Å²) < 4.78 is 0. The summed E-state index contributed by atoms with van der Waals surface area (Å²) in [5, 5.41) is 9.34. The molecule has 0 saturated heterocycles. The molecule has 4 aliphatic carbocycles. The molecule has 0 radical (unpaired) electrons. The zero-order valence-electron chi connectivity index (χ0n) is 12.1. The van der Waals surface area contributed by atoms with Crippen LogP contribution in [0.3, 0.4) is 0 Å². The van der Waals surface area contributed by atoms with E-state index in [1.807, 2.05) is 12.1 Å². The first-order chi connectivity index (χ1) is 9.76. The minimum Gasteiger partial charge on any atom is -0.370 e. The van der Waals surface area contributed by atoms with Gasteiger partial charge in [-0.15, -0.1) is 0 Å². The summed E-state index contributed by atoms with van der Waals surface area (Å²) in [5.41, 5.74) is 1.95. The highest BCUT2D eigenvalue weighted by atomic mass is 15.2. The minimum atomic E-state index is 0.664. The highest BCUT2D eigenvalue weighted by Crippen LogP contribution is 2.55. The highest BCUT2D eigenvalue weighted by molar-refractivity contribution is 5.59. The molecule has 1 aromatic carbocycles. The van der Waals surface area contributed by atoms with Crippen LogP contribution < -0.4 is 4.90 Å². The summed E-state index contributed by atoms with van der Waals surface area (Å²) >= 11 is 0. The third-order valence-corrected chi connectivity index (χ3v) is 6.03. The molecule has 0 atom stereocenters. The second-order valence-corrected chi connectivity index (χ2v) is 7.16. The zero-order valence-corrected chi connectivity index (χ0v) is 12.1. The maximum atomic E-state index is 9.34. The SMILES string of the molecule is CN(c1ccccc1C#N)C1C2CC3CC(C2)CC1C3. The van der Waals surface area contributed by atoms with E-state index in [4.69, 9.17) is 0 Å². The highest BCUT2D eigenvalue weighted by Gasteiger charge is 2.49. The van der Waals surface area contributed by atoms with Gasteiger partial charge in [-0.2, -0.15) is 5.26 Å². The van der Waals surface area contributed by atoms with Crippen molar-refractivity contribution in [3.8, 4) is 6.07 Å². The van der Waals surface area contributed by atoms with Crippen LogP contribution in [-0.4, -0.2) is 13.1 Å². The van der Waals surface area contributed by atoms with Crippen molar-refractivity contribution < 1.29 is 0 Å². The summed E-state index contributed by atoms with van der Waals surface area (Å²) in [6.07, 6.45) is 7.21. The third-order valence-electron chi connectivity index (χ3n) is 6.03. The van der Waals surface area contributed by atoms with E-state index in [-0.39, 0.29) is 0 Å². The predicted octanol–water partition coefficient (Wildman–Crippen LogP) is 3.82. The van der Waals surface area contributed by atoms with Crippen LogP contribution in [0.2, 0.25) is 0 Å². The molecule has 2 heteroatoms. The van der Waals surface area contributed by atoms with Crippen LogP contribution in [-0.2, 0) is 0 Å². The third kappa shape index (κ3) is 1.76. The molecule has 0 spiro atoms. The Bertz CT molecular complexity index is 529. The number of benzene rings is 1. The summed E-state index contributed by atoms with van der Waals surface area (Å²) in [4.78, 5) is 2.44. The van der Waals surface area contributed by atoms with E-state index >= 15 is 0 Å². The van der Waals surface area contributed by atoms with Crippen molar-refractivity contribution in [2.24, 2.45) is 23.7 Å². The molecule has 0 heterocycles. The molecule has 5 rings (SSSR count). The Morgan fingerprint density at radius 2 is 1.60 bits per heavy atom. The van der Waals surface area contributed by atoms with Crippen molar-refractivity contribution in [3.63, 3.8) is 0 Å². The van der Waals surface area contributed by atoms with Crippen LogP contribution >= 0.6 is 0 Å². The van der Waals surface area contributed by atoms with Crippen LogP contribution in [0.1, 0.15) is 37.7 Å². The van der Waals surface area contributed by atoms with Gasteiger partial charge in [0, 0.05) is 13.1 Å². The van der Waals surface area contributed by atoms with Crippen molar-refractivity contribution in [1.82, 2.24) is 0 Å². The van der Waals surface area contributed by atoms with Gasteiger partial charge in [-0.1, -0.05) is 12.1 Å². The van der Waals surface area contributed by atoms with Crippen LogP contribution in [0, 0.1) is 35.0 Å². The fourth-order valence-corrected chi connectivity index (χ4v) is 5.57. The van der Waals surface area contributed by atoms with Gasteiger partial charge >= 0.3 is 0 Å². The molecule has 2 nitrogen and oxygen atoms in total. The van der Waals surface area contributed by atoms with Crippen molar-refractivity contribution in [3.05, 3.63) is 29.8 Å². The van der Waals surface area contributed by atoms with E-state index < -0.39 is 0 Å². The van der Waals surface area contributed by atoms with Gasteiger partial charge in [0.05, 0.1) is 11.3 Å². The molecule has 0 N–H and O–H groups in total. The van der Waals surface area contributed by atoms with E-state index in [1.165, 1.54) is 32.1 Å². The second-order valence-electron chi connectivity index (χ2n) is 7.16. The van der Waals surface area contributed by atoms with E-state index in [0.717, 1.165) is 34.9 Å². The molecule has 4 fully saturated rings. The summed E-state index contributed by atoms with van der Waals surface area (Å²) in [6, 6.07) is 11.1. The van der Waals surface area contributed by atoms with Crippen molar-refractivity contribution in [2.75, 3.05) is 11.9 Å². The second kappa shape index (κ2) is 4.52. The Balaban J connectivity index is 1.66. The molecule has 0 unspecified atom stereocenters. The van der Waals surface area contributed by atoms with Gasteiger partial charge < -0.3 is 4.90 Å². The van der Waals surface area contributed by atoms with Gasteiger partial charge in [0.1, 0.15) is 6.07 Å². The van der Waals surface area contributed by atoms with Gasteiger partial charge in [-0.05, 0) is 67.9 Å². The molecule has 0 aliphatic heterocycles. The smallest absolute Gasteiger partial charge is 0.101 e. The Morgan fingerprint density at radius 3 is 2.20 bits per heavy atom. The monoisotopic (exact) mass is 266 g/mol. The molecular weight excluding hydrogens is 244 g/mol. The molecule has 4 bridgehead atoms. The lowest BCUT2D eigenvalue weighted by Crippen LogP contribution is -2.55. The lowest BCUT2D eigenvalue weighted by atomic mass is 9.54. The van der Waals surface area contributed by atoms with E-state index in [2.05, 4.69) is 30.1 Å². The zero-order chi connectivity index (χ0) is 13.7. The number of rotatable bonds is 2. The fourth-order valence-electron chi connectivity index (χ4n) is 5.57. The number of nitrogens with zero attached hydrogens (tertiary/aromatic N) is 2. The average molecular weight is 266 g/mol. The van der Waals surface area contributed by atoms with E-state index in [0.29, 0.717) is 6.04 Å². The van der Waals surface area contributed by atoms with Crippen LogP contribution in [0.15, 0.2) is 24.3 Å². The van der Waals surface area contributed by atoms with Crippen molar-refractivity contribution in [1.29, 1.82) is 5.26 Å². The topological polar surface area (TPSA) is 27.0 Å². The summed E-state index contributed by atoms with van der Waals surface area (Å²) in [7, 11) is 2.21. The van der Waals surface area contributed by atoms with Gasteiger partial charge in [0.15, 0.2) is 0 Å². The molecule has 1 aromatic rings. The number of hydrogen-bond donors (Lipinski definition) is 0. The minimum absolute atomic E-state index is 0.664. The van der Waals surface area contributed by atoms with Crippen molar-refractivity contribution in [2.45, 2.75) is 38.1 Å². The van der Waals surface area contributed by atoms with Gasteiger partial charge in [0.2, 0.25) is 0 Å². The normalized spacial score (nSPS) is 37.7. The first-order valence-electron chi connectivity index (χ1n) is 7.98. The maximum absolute atomic E-state index is 9.34. The lowest BCUT2D eigenvalue weighted by Gasteiger charge is -2.57. The standard InChI is InChI=1S/C18H22N2/c1-20(17-5-3-2-4-14(17)11-19)18-15-7-12-6-13(9-15)10-16(18)8-12/h2-5,12-13,15-16,18H,6-10H2,1H3. The molecule has 20 heavy (non-hydrogen) atoms. The van der Waals surface area contributed by atoms with Gasteiger partial charge in [0.25, 0.3) is 0 Å². The van der Waals surface area contributed by atoms with Crippen LogP contribution in [0.4, 0.5) is 5.69 Å². The van der Waals surface area contributed by atoms with Crippen LogP contribution in [0.25, 0.3) is 0 Å². The molecule has 4 aliphatic rings. The molecule has 104 valence electrons. The lowest BCUT2D eigenvalue weighted by molar-refractivity contribution is -0.00123. The quantitative estimate of drug-likeness (QED) is 0.813. The number of hydrogen-bond acceptors (Lipinski definition) is 2. The summed E-state index contributed by atoms with van der Waals surface area (Å²) in [6.45, 7) is 0. The Hall–Kier alpha value is -1.49. The number of anilines is 1. The molecular formula is C18H22N2. The summed E-state index contributed by atoms with van der Waals surface area (Å²) in [5.74, 6) is 3.74. The first kappa shape index (κ1) is 12.3. The van der Waals surface area contributed by atoms with E-state index in [9.17, 15) is 5.26 Å². The van der Waals surface area contributed by atoms with Gasteiger partial charge in [-0.25, -0.2) is 0 Å². The Morgan fingerprint density at radius 1 is 1.00 bits per heavy atom. The average Bonchev–Trinajstić information content (AvgIpc) is 2.46. The molecule has 4 saturated carbocycles. The Kier molecular flexibility index (Phi) is 2.77. The molecule has 0 aromatic heterocycles. The number of nitriles is 1. The number of para-hydroxylation sites is 1. The maximum Gasteiger partial charge on any atom is 0.101 e. The fraction of sp³-hybridized carbons (Fsp3) is 0.611. The van der Waals surface area contributed by atoms with E-state index in [1.54, 1.807) is 0 Å². The Labute approximate surface area is 121 Å². The largest absolute Gasteiger partial charge is 0.370 e. The van der Waals surface area contributed by atoms with Gasteiger partial charge in [-0.3, -0.25) is 0 Å². The first-order valence-corrected chi connectivity index (χ1v) is 7.98. The molecule has 0 amide bonds.